The number of aliphatic carboxylic acids is 1. The van der Waals surface area contributed by atoms with Gasteiger partial charge in [0, 0.05) is 38.4 Å². The molecule has 0 radical (unpaired) electrons. The topological polar surface area (TPSA) is 72.9 Å². The lowest BCUT2D eigenvalue weighted by Crippen LogP contribution is -2.43. The minimum Gasteiger partial charge on any atom is -0.481 e. The molecule has 1 aliphatic heterocycles. The molecule has 1 aliphatic carbocycles. The second kappa shape index (κ2) is 9.11. The van der Waals surface area contributed by atoms with Crippen molar-refractivity contribution < 1.29 is 14.7 Å². The predicted molar refractivity (Wildman–Crippen MR) is 106 cm³/mol. The number of nitrogens with one attached hydrogen (secondary N) is 1. The summed E-state index contributed by atoms with van der Waals surface area (Å²) < 4.78 is 0. The largest absolute Gasteiger partial charge is 0.481 e. The van der Waals surface area contributed by atoms with Crippen molar-refractivity contribution in [3.63, 3.8) is 0 Å². The maximum absolute atomic E-state index is 12.5. The third-order valence-electron chi connectivity index (χ3n) is 5.82. The van der Waals surface area contributed by atoms with Gasteiger partial charge in [0.15, 0.2) is 0 Å². The molecule has 0 unspecified atom stereocenters. The Hall–Kier alpha value is -2.24. The van der Waals surface area contributed by atoms with Crippen molar-refractivity contribution in [2.75, 3.05) is 25.0 Å². The molecule has 1 saturated carbocycles. The number of rotatable bonds is 5. The molecule has 0 aromatic heterocycles. The molecule has 2 fully saturated rings. The molecule has 0 spiro atoms. The fraction of sp³-hybridized carbons (Fsp3) is 0.619. The first kappa shape index (κ1) is 19.5. The van der Waals surface area contributed by atoms with Crippen LogP contribution >= 0.6 is 0 Å². The van der Waals surface area contributed by atoms with E-state index in [-0.39, 0.29) is 11.9 Å². The maximum atomic E-state index is 12.5. The van der Waals surface area contributed by atoms with Gasteiger partial charge < -0.3 is 20.2 Å². The average Bonchev–Trinajstić information content (AvgIpc) is 2.69. The van der Waals surface area contributed by atoms with Crippen molar-refractivity contribution in [3.05, 3.63) is 29.8 Å². The second-order valence-corrected chi connectivity index (χ2v) is 7.91. The summed E-state index contributed by atoms with van der Waals surface area (Å²) in [5.41, 5.74) is 2.20. The lowest BCUT2D eigenvalue weighted by molar-refractivity contribution is -0.142. The molecule has 6 heteroatoms. The van der Waals surface area contributed by atoms with Crippen LogP contribution in [0.5, 0.6) is 0 Å². The molecular formula is C21H31N3O3. The van der Waals surface area contributed by atoms with Gasteiger partial charge in [-0.1, -0.05) is 31.4 Å². The third-order valence-corrected chi connectivity index (χ3v) is 5.82. The Kier molecular flexibility index (Phi) is 6.58. The smallest absolute Gasteiger partial charge is 0.317 e. The highest BCUT2D eigenvalue weighted by atomic mass is 16.4. The summed E-state index contributed by atoms with van der Waals surface area (Å²) in [6, 6.07) is 8.54. The van der Waals surface area contributed by atoms with Gasteiger partial charge >= 0.3 is 12.0 Å². The van der Waals surface area contributed by atoms with E-state index >= 15 is 0 Å². The summed E-state index contributed by atoms with van der Waals surface area (Å²) in [6.45, 7) is 2.09. The number of amides is 2. The first-order valence-electron chi connectivity index (χ1n) is 10.1. The molecule has 27 heavy (non-hydrogen) atoms. The number of nitrogens with zero attached hydrogens (tertiary/aromatic N) is 2. The Bertz CT molecular complexity index is 650. The van der Waals surface area contributed by atoms with Gasteiger partial charge in [-0.15, -0.1) is 0 Å². The Morgan fingerprint density at radius 1 is 1.15 bits per heavy atom. The third kappa shape index (κ3) is 5.37. The maximum Gasteiger partial charge on any atom is 0.317 e. The van der Waals surface area contributed by atoms with Gasteiger partial charge in [-0.05, 0) is 43.4 Å². The van der Waals surface area contributed by atoms with Crippen molar-refractivity contribution in [1.82, 2.24) is 10.2 Å². The van der Waals surface area contributed by atoms with E-state index in [1.54, 1.807) is 4.90 Å². The van der Waals surface area contributed by atoms with Gasteiger partial charge in [-0.25, -0.2) is 4.79 Å². The minimum atomic E-state index is -0.686. The Morgan fingerprint density at radius 3 is 2.52 bits per heavy atom. The SMILES string of the molecule is CN(Cc1cccc(N2CCC(C(=O)O)CC2)c1)C(=O)NC1CCCCC1. The van der Waals surface area contributed by atoms with Gasteiger partial charge in [0.2, 0.25) is 0 Å². The van der Waals surface area contributed by atoms with E-state index in [9.17, 15) is 9.59 Å². The van der Waals surface area contributed by atoms with Gasteiger partial charge in [0.25, 0.3) is 0 Å². The van der Waals surface area contributed by atoms with Crippen LogP contribution in [0.4, 0.5) is 10.5 Å². The van der Waals surface area contributed by atoms with E-state index in [4.69, 9.17) is 5.11 Å². The monoisotopic (exact) mass is 373 g/mol. The van der Waals surface area contributed by atoms with Crippen LogP contribution in [0.3, 0.4) is 0 Å². The minimum absolute atomic E-state index is 0.00502. The molecule has 2 N–H and O–H groups in total. The number of carbonyl (C=O) groups excluding carboxylic acids is 1. The number of carboxylic acid groups (broad SMARTS) is 1. The molecule has 1 aromatic rings. The molecule has 148 valence electrons. The van der Waals surface area contributed by atoms with Crippen molar-refractivity contribution >= 4 is 17.7 Å². The van der Waals surface area contributed by atoms with Crippen molar-refractivity contribution in [1.29, 1.82) is 0 Å². The van der Waals surface area contributed by atoms with E-state index in [1.165, 1.54) is 19.3 Å². The van der Waals surface area contributed by atoms with Crippen LogP contribution in [0.15, 0.2) is 24.3 Å². The zero-order chi connectivity index (χ0) is 19.2. The van der Waals surface area contributed by atoms with Crippen LogP contribution < -0.4 is 10.2 Å². The van der Waals surface area contributed by atoms with Gasteiger partial charge in [0.05, 0.1) is 5.92 Å². The molecule has 2 aliphatic rings. The fourth-order valence-electron chi connectivity index (χ4n) is 4.11. The molecule has 3 rings (SSSR count). The fourth-order valence-corrected chi connectivity index (χ4v) is 4.11. The van der Waals surface area contributed by atoms with Gasteiger partial charge in [-0.3, -0.25) is 4.79 Å². The van der Waals surface area contributed by atoms with E-state index < -0.39 is 5.97 Å². The van der Waals surface area contributed by atoms with Crippen LogP contribution in [0, 0.1) is 5.92 Å². The lowest BCUT2D eigenvalue weighted by atomic mass is 9.96. The Morgan fingerprint density at radius 2 is 1.85 bits per heavy atom. The highest BCUT2D eigenvalue weighted by molar-refractivity contribution is 5.74. The van der Waals surface area contributed by atoms with Crippen LogP contribution in [0.2, 0.25) is 0 Å². The number of hydrogen-bond donors (Lipinski definition) is 2. The quantitative estimate of drug-likeness (QED) is 0.829. The summed E-state index contributed by atoms with van der Waals surface area (Å²) in [5.74, 6) is -0.909. The summed E-state index contributed by atoms with van der Waals surface area (Å²) in [6.07, 6.45) is 7.22. The van der Waals surface area contributed by atoms with Crippen LogP contribution in [-0.2, 0) is 11.3 Å². The molecule has 1 saturated heterocycles. The molecule has 0 bridgehead atoms. The number of carbonyl (C=O) groups is 2. The number of piperidine rings is 1. The van der Waals surface area contributed by atoms with Crippen LogP contribution in [0.1, 0.15) is 50.5 Å². The summed E-state index contributed by atoms with van der Waals surface area (Å²) in [4.78, 5) is 27.6. The van der Waals surface area contributed by atoms with E-state index in [1.807, 2.05) is 19.2 Å². The number of benzene rings is 1. The van der Waals surface area contributed by atoms with E-state index in [0.717, 1.165) is 37.2 Å². The number of urea groups is 1. The van der Waals surface area contributed by atoms with Gasteiger partial charge in [0.1, 0.15) is 0 Å². The zero-order valence-electron chi connectivity index (χ0n) is 16.2. The number of anilines is 1. The highest BCUT2D eigenvalue weighted by Gasteiger charge is 2.24. The van der Waals surface area contributed by atoms with E-state index in [0.29, 0.717) is 25.4 Å². The molecule has 2 amide bonds. The number of hydrogen-bond acceptors (Lipinski definition) is 3. The lowest BCUT2D eigenvalue weighted by Gasteiger charge is -2.32. The van der Waals surface area contributed by atoms with Gasteiger partial charge in [-0.2, -0.15) is 0 Å². The van der Waals surface area contributed by atoms with Crippen molar-refractivity contribution in [2.45, 2.75) is 57.5 Å². The summed E-state index contributed by atoms with van der Waals surface area (Å²) in [7, 11) is 1.84. The van der Waals surface area contributed by atoms with Crippen LogP contribution in [-0.4, -0.2) is 48.2 Å². The standard InChI is InChI=1S/C21H31N3O3/c1-23(21(27)22-18-7-3-2-4-8-18)15-16-6-5-9-19(14-16)24-12-10-17(11-13-24)20(25)26/h5-6,9,14,17-18H,2-4,7-8,10-13,15H2,1H3,(H,22,27)(H,25,26). The molecule has 1 aromatic carbocycles. The first-order chi connectivity index (χ1) is 13.0. The molecular weight excluding hydrogens is 342 g/mol. The van der Waals surface area contributed by atoms with E-state index in [2.05, 4.69) is 22.3 Å². The Balaban J connectivity index is 1.54. The van der Waals surface area contributed by atoms with Crippen molar-refractivity contribution in [3.8, 4) is 0 Å². The van der Waals surface area contributed by atoms with Crippen LogP contribution in [0.25, 0.3) is 0 Å². The summed E-state index contributed by atoms with van der Waals surface area (Å²) in [5, 5.41) is 12.3. The predicted octanol–water partition coefficient (Wildman–Crippen LogP) is 3.46. The molecule has 6 nitrogen and oxygen atoms in total. The van der Waals surface area contributed by atoms with Crippen molar-refractivity contribution in [2.24, 2.45) is 5.92 Å². The summed E-state index contributed by atoms with van der Waals surface area (Å²) >= 11 is 0. The number of carboxylic acids is 1. The normalized spacial score (nSPS) is 18.9. The molecule has 1 heterocycles. The first-order valence-corrected chi connectivity index (χ1v) is 10.1. The average molecular weight is 373 g/mol. The highest BCUT2D eigenvalue weighted by Crippen LogP contribution is 2.24. The second-order valence-electron chi connectivity index (χ2n) is 7.91. The Labute approximate surface area is 161 Å². The molecule has 0 atom stereocenters. The zero-order valence-corrected chi connectivity index (χ0v) is 16.2.